The Bertz CT molecular complexity index is 3390. The van der Waals surface area contributed by atoms with Gasteiger partial charge in [0.15, 0.2) is 0 Å². The van der Waals surface area contributed by atoms with E-state index in [9.17, 15) is 0 Å². The van der Waals surface area contributed by atoms with Crippen molar-refractivity contribution in [3.63, 3.8) is 0 Å². The smallest absolute Gasteiger partial charge is 0.145 e. The van der Waals surface area contributed by atoms with Crippen molar-refractivity contribution in [2.45, 2.75) is 86.0 Å². The van der Waals surface area contributed by atoms with Crippen LogP contribution in [0.25, 0.3) is 83.9 Å². The Morgan fingerprint density at radius 3 is 1.56 bits per heavy atom. The van der Waals surface area contributed by atoms with E-state index in [1.54, 1.807) is 0 Å². The van der Waals surface area contributed by atoms with Crippen molar-refractivity contribution in [2.75, 3.05) is 0 Å². The molecule has 10 aromatic rings. The molecule has 0 aliphatic rings. The Morgan fingerprint density at radius 1 is 0.485 bits per heavy atom. The molecule has 338 valence electrons. The topological polar surface area (TPSA) is 53.1 Å². The van der Waals surface area contributed by atoms with Crippen molar-refractivity contribution in [2.24, 2.45) is 0 Å². The Kier molecular flexibility index (Phi) is 11.9. The zero-order chi connectivity index (χ0) is 47.2. The van der Waals surface area contributed by atoms with Crippen molar-refractivity contribution in [1.29, 1.82) is 0 Å². The van der Waals surface area contributed by atoms with Gasteiger partial charge in [0.2, 0.25) is 0 Å². The van der Waals surface area contributed by atoms with E-state index in [2.05, 4.69) is 206 Å². The fourth-order valence-electron chi connectivity index (χ4n) is 9.91. The van der Waals surface area contributed by atoms with Crippen LogP contribution in [-0.2, 0) is 0 Å². The van der Waals surface area contributed by atoms with E-state index in [0.29, 0.717) is 0 Å². The second-order valence-electron chi connectivity index (χ2n) is 19.4. The van der Waals surface area contributed by atoms with Gasteiger partial charge in [-0.15, -0.1) is 0 Å². The highest BCUT2D eigenvalue weighted by Gasteiger charge is 2.27. The number of imidazole rings is 1. The molecule has 0 unspecified atom stereocenters. The molecule has 10 rings (SSSR count). The fraction of sp³-hybridized carbons (Fsp3) is 0.206. The zero-order valence-electron chi connectivity index (χ0n) is 40.6. The third-order valence-electron chi connectivity index (χ3n) is 13.4. The summed E-state index contributed by atoms with van der Waals surface area (Å²) in [6.45, 7) is 20.4. The van der Waals surface area contributed by atoms with Crippen LogP contribution in [0.1, 0.15) is 107 Å². The average Bonchev–Trinajstić information content (AvgIpc) is 3.91. The summed E-state index contributed by atoms with van der Waals surface area (Å²) in [4.78, 5) is 10.4. The van der Waals surface area contributed by atoms with Crippen LogP contribution >= 0.6 is 0 Å². The molecule has 3 aromatic heterocycles. The van der Waals surface area contributed by atoms with Crippen LogP contribution < -0.4 is 4.74 Å². The quantitative estimate of drug-likeness (QED) is 0.123. The molecule has 3 heterocycles. The van der Waals surface area contributed by atoms with Crippen LogP contribution in [0.3, 0.4) is 0 Å². The highest BCUT2D eigenvalue weighted by molar-refractivity contribution is 5.99. The maximum atomic E-state index is 6.91. The van der Waals surface area contributed by atoms with E-state index in [1.807, 2.05) is 30.5 Å². The van der Waals surface area contributed by atoms with E-state index in [1.165, 1.54) is 55.8 Å². The number of nitrogens with zero attached hydrogens (tertiary/aromatic N) is 3. The maximum Gasteiger partial charge on any atom is 0.145 e. The minimum absolute atomic E-state index is 0.265. The number of rotatable bonds is 12. The van der Waals surface area contributed by atoms with E-state index in [-0.39, 0.29) is 23.7 Å². The lowest BCUT2D eigenvalue weighted by Crippen LogP contribution is -2.09. The maximum absolute atomic E-state index is 6.91. The number of benzene rings is 7. The molecule has 68 heavy (non-hydrogen) atoms. The summed E-state index contributed by atoms with van der Waals surface area (Å²) >= 11 is 0. The summed E-state index contributed by atoms with van der Waals surface area (Å²) in [5.74, 6) is 4.32. The van der Waals surface area contributed by atoms with Crippen molar-refractivity contribution in [3.05, 3.63) is 198 Å². The van der Waals surface area contributed by atoms with Gasteiger partial charge in [0.1, 0.15) is 28.7 Å². The summed E-state index contributed by atoms with van der Waals surface area (Å²) in [6.07, 6.45) is 1.85. The lowest BCUT2D eigenvalue weighted by molar-refractivity contribution is 0.483. The van der Waals surface area contributed by atoms with E-state index in [0.717, 1.165) is 67.5 Å². The van der Waals surface area contributed by atoms with Gasteiger partial charge in [-0.3, -0.25) is 9.55 Å². The molecule has 5 nitrogen and oxygen atoms in total. The van der Waals surface area contributed by atoms with Gasteiger partial charge in [-0.25, -0.2) is 4.98 Å². The summed E-state index contributed by atoms with van der Waals surface area (Å²) in [5, 5.41) is 1.01. The number of para-hydroxylation sites is 2. The second-order valence-corrected chi connectivity index (χ2v) is 19.4. The second kappa shape index (κ2) is 18.3. The lowest BCUT2D eigenvalue weighted by atomic mass is 9.83. The molecule has 0 fully saturated rings. The molecule has 7 aromatic carbocycles. The van der Waals surface area contributed by atoms with Crippen molar-refractivity contribution < 1.29 is 9.15 Å². The summed E-state index contributed by atoms with van der Waals surface area (Å²) in [6, 6.07) is 57.9. The van der Waals surface area contributed by atoms with Crippen LogP contribution in [-0.4, -0.2) is 14.5 Å². The van der Waals surface area contributed by atoms with Crippen molar-refractivity contribution >= 4 is 22.0 Å². The summed E-state index contributed by atoms with van der Waals surface area (Å²) in [5.41, 5.74) is 19.1. The molecule has 0 bridgehead atoms. The number of hydrogen-bond acceptors (Lipinski definition) is 4. The number of hydrogen-bond donors (Lipinski definition) is 0. The monoisotopic (exact) mass is 889 g/mol. The van der Waals surface area contributed by atoms with Crippen LogP contribution in [0.5, 0.6) is 11.5 Å². The Labute approximate surface area is 401 Å². The van der Waals surface area contributed by atoms with Gasteiger partial charge in [-0.1, -0.05) is 165 Å². The van der Waals surface area contributed by atoms with Gasteiger partial charge in [0.05, 0.1) is 27.8 Å². The average molecular weight is 890 g/mol. The third-order valence-corrected chi connectivity index (χ3v) is 13.4. The normalized spacial score (nSPS) is 11.8. The molecule has 0 radical (unpaired) electrons. The van der Waals surface area contributed by atoms with Crippen LogP contribution in [0.2, 0.25) is 0 Å². The standard InChI is InChI=1S/C63H59N3O2/c1-38(2)51-34-47(43-20-12-10-13-21-43)35-52(39(3)4)59(51)62-42(9)58-57(68-62)30-31-64-60(58)45-24-18-26-49(32-45)67-50-27-19-25-46(33-50)63-65-55-28-16-17-29-56(55)66(63)61-53(40(5)6)36-48(37-54(61)41(7)8)44-22-14-11-15-23-44/h10-41H,1-9H3. The van der Waals surface area contributed by atoms with Gasteiger partial charge in [0, 0.05) is 28.5 Å². The summed E-state index contributed by atoms with van der Waals surface area (Å²) in [7, 11) is 0. The zero-order valence-corrected chi connectivity index (χ0v) is 40.6. The molecule has 0 spiro atoms. The highest BCUT2D eigenvalue weighted by Crippen LogP contribution is 2.46. The molecule has 0 N–H and O–H groups in total. The fourth-order valence-corrected chi connectivity index (χ4v) is 9.91. The third kappa shape index (κ3) is 8.21. The van der Waals surface area contributed by atoms with E-state index >= 15 is 0 Å². The first-order valence-electron chi connectivity index (χ1n) is 24.2. The Hall–Kier alpha value is -7.50. The van der Waals surface area contributed by atoms with E-state index < -0.39 is 0 Å². The van der Waals surface area contributed by atoms with Gasteiger partial charge < -0.3 is 9.15 Å². The molecule has 0 aliphatic carbocycles. The minimum atomic E-state index is 0.265. The van der Waals surface area contributed by atoms with E-state index in [4.69, 9.17) is 19.1 Å². The Morgan fingerprint density at radius 2 is 0.985 bits per heavy atom. The lowest BCUT2D eigenvalue weighted by Gasteiger charge is -2.24. The van der Waals surface area contributed by atoms with Crippen LogP contribution in [0, 0.1) is 6.92 Å². The number of aryl methyl sites for hydroxylation is 1. The van der Waals surface area contributed by atoms with Gasteiger partial charge in [0.25, 0.3) is 0 Å². The predicted octanol–water partition coefficient (Wildman–Crippen LogP) is 18.1. The number of furan rings is 1. The van der Waals surface area contributed by atoms with Crippen molar-refractivity contribution in [3.8, 4) is 73.4 Å². The number of pyridine rings is 1. The summed E-state index contributed by atoms with van der Waals surface area (Å²) < 4.78 is 16.1. The van der Waals surface area contributed by atoms with Crippen LogP contribution in [0.15, 0.2) is 174 Å². The molecular weight excluding hydrogens is 831 g/mol. The van der Waals surface area contributed by atoms with Gasteiger partial charge >= 0.3 is 0 Å². The first kappa shape index (κ1) is 44.3. The molecule has 0 saturated heterocycles. The van der Waals surface area contributed by atoms with Gasteiger partial charge in [-0.05, 0) is 130 Å². The number of ether oxygens (including phenoxy) is 1. The molecule has 5 heteroatoms. The largest absolute Gasteiger partial charge is 0.457 e. The molecule has 0 aliphatic heterocycles. The molecule has 0 saturated carbocycles. The first-order valence-corrected chi connectivity index (χ1v) is 24.2. The molecular formula is C63H59N3O2. The first-order chi connectivity index (χ1) is 32.9. The number of aromatic nitrogens is 3. The SMILES string of the molecule is Cc1c(-c2c(C(C)C)cc(-c3ccccc3)cc2C(C)C)oc2ccnc(-c3cccc(Oc4cccc(-c5nc6ccccc6n5-c5c(C(C)C)cc(-c6ccccc6)cc5C(C)C)c4)c3)c12. The molecule has 0 atom stereocenters. The number of fused-ring (bicyclic) bond motifs is 2. The molecule has 0 amide bonds. The van der Waals surface area contributed by atoms with Crippen LogP contribution in [0.4, 0.5) is 0 Å². The van der Waals surface area contributed by atoms with Crippen molar-refractivity contribution in [1.82, 2.24) is 14.5 Å². The van der Waals surface area contributed by atoms with Gasteiger partial charge in [-0.2, -0.15) is 0 Å². The predicted molar refractivity (Wildman–Crippen MR) is 283 cm³/mol. The Balaban J connectivity index is 1.04. The highest BCUT2D eigenvalue weighted by atomic mass is 16.5. The minimum Gasteiger partial charge on any atom is -0.457 e.